The molecule has 13 heavy (non-hydrogen) atoms. The van der Waals surface area contributed by atoms with Crippen LogP contribution >= 0.6 is 0 Å². The third-order valence-electron chi connectivity index (χ3n) is 1.58. The molecule has 0 saturated carbocycles. The zero-order valence-electron chi connectivity index (χ0n) is 7.23. The molecule has 0 aliphatic carbocycles. The van der Waals surface area contributed by atoms with E-state index < -0.39 is 12.0 Å². The van der Waals surface area contributed by atoms with Gasteiger partial charge in [-0.2, -0.15) is 4.98 Å². The van der Waals surface area contributed by atoms with Gasteiger partial charge in [-0.15, -0.1) is 0 Å². The van der Waals surface area contributed by atoms with E-state index in [0.717, 1.165) is 0 Å². The smallest absolute Gasteiger partial charge is 0.320 e. The Morgan fingerprint density at radius 3 is 3.15 bits per heavy atom. The van der Waals surface area contributed by atoms with Gasteiger partial charge in [0.2, 0.25) is 6.39 Å². The van der Waals surface area contributed by atoms with Gasteiger partial charge in [0.1, 0.15) is 6.04 Å². The minimum Gasteiger partial charge on any atom is -0.480 e. The molecule has 0 bridgehead atoms. The number of carboxylic acid groups (broad SMARTS) is 1. The van der Waals surface area contributed by atoms with Gasteiger partial charge in [-0.3, -0.25) is 4.79 Å². The lowest BCUT2D eigenvalue weighted by molar-refractivity contribution is -0.138. The number of hydrogen-bond donors (Lipinski definition) is 2. The molecular formula is C7H11N3O3. The van der Waals surface area contributed by atoms with Crippen LogP contribution in [0.25, 0.3) is 0 Å². The van der Waals surface area contributed by atoms with E-state index in [1.807, 2.05) is 0 Å². The van der Waals surface area contributed by atoms with Crippen molar-refractivity contribution in [2.75, 3.05) is 6.54 Å². The van der Waals surface area contributed by atoms with Gasteiger partial charge < -0.3 is 14.9 Å². The number of aromatic nitrogens is 2. The minimum absolute atomic E-state index is 0.521. The second-order valence-corrected chi connectivity index (χ2v) is 2.61. The molecule has 1 rings (SSSR count). The van der Waals surface area contributed by atoms with E-state index in [0.29, 0.717) is 18.8 Å². The van der Waals surface area contributed by atoms with Crippen LogP contribution in [0.4, 0.5) is 0 Å². The second-order valence-electron chi connectivity index (χ2n) is 2.61. The molecule has 0 radical (unpaired) electrons. The molecule has 0 aliphatic heterocycles. The first-order valence-electron chi connectivity index (χ1n) is 3.91. The van der Waals surface area contributed by atoms with Crippen LogP contribution in [0.3, 0.4) is 0 Å². The van der Waals surface area contributed by atoms with Crippen LogP contribution in [0.15, 0.2) is 10.9 Å². The van der Waals surface area contributed by atoms with Gasteiger partial charge in [0.15, 0.2) is 5.82 Å². The first-order valence-corrected chi connectivity index (χ1v) is 3.91. The molecule has 0 spiro atoms. The number of aliphatic carboxylic acids is 1. The van der Waals surface area contributed by atoms with Gasteiger partial charge in [-0.05, 0) is 6.92 Å². The fraction of sp³-hybridized carbons (Fsp3) is 0.571. The summed E-state index contributed by atoms with van der Waals surface area (Å²) in [6.07, 6.45) is 1.81. The quantitative estimate of drug-likeness (QED) is 0.653. The van der Waals surface area contributed by atoms with Crippen LogP contribution in [-0.2, 0) is 11.2 Å². The van der Waals surface area contributed by atoms with E-state index >= 15 is 0 Å². The van der Waals surface area contributed by atoms with E-state index in [1.165, 1.54) is 6.39 Å². The van der Waals surface area contributed by atoms with Crippen LogP contribution in [0.1, 0.15) is 12.7 Å². The molecule has 1 unspecified atom stereocenters. The molecule has 6 heteroatoms. The summed E-state index contributed by atoms with van der Waals surface area (Å²) >= 11 is 0. The predicted molar refractivity (Wildman–Crippen MR) is 43.1 cm³/mol. The van der Waals surface area contributed by atoms with E-state index in [1.54, 1.807) is 6.92 Å². The summed E-state index contributed by atoms with van der Waals surface area (Å²) in [5, 5.41) is 14.9. The maximum absolute atomic E-state index is 10.4. The number of carboxylic acids is 1. The molecular weight excluding hydrogens is 174 g/mol. The second kappa shape index (κ2) is 4.56. The minimum atomic E-state index is -0.867. The average Bonchev–Trinajstić information content (AvgIpc) is 2.56. The molecule has 1 heterocycles. The van der Waals surface area contributed by atoms with Crippen molar-refractivity contribution in [1.82, 2.24) is 15.5 Å². The van der Waals surface area contributed by atoms with Gasteiger partial charge in [0.25, 0.3) is 0 Å². The number of hydrogen-bond acceptors (Lipinski definition) is 5. The van der Waals surface area contributed by atoms with Gasteiger partial charge in [-0.1, -0.05) is 5.16 Å². The highest BCUT2D eigenvalue weighted by molar-refractivity contribution is 5.72. The molecule has 6 nitrogen and oxygen atoms in total. The Hall–Kier alpha value is -1.43. The van der Waals surface area contributed by atoms with Crippen molar-refractivity contribution in [3.63, 3.8) is 0 Å². The Morgan fingerprint density at radius 2 is 2.62 bits per heavy atom. The molecule has 1 aromatic rings. The highest BCUT2D eigenvalue weighted by Crippen LogP contribution is 1.89. The Kier molecular flexibility index (Phi) is 3.39. The highest BCUT2D eigenvalue weighted by Gasteiger charge is 2.09. The predicted octanol–water partition coefficient (Wildman–Crippen LogP) is -0.325. The van der Waals surface area contributed by atoms with Crippen molar-refractivity contribution in [1.29, 1.82) is 0 Å². The lowest BCUT2D eigenvalue weighted by Gasteiger charge is -2.06. The van der Waals surface area contributed by atoms with Gasteiger partial charge in [0, 0.05) is 13.0 Å². The zero-order valence-corrected chi connectivity index (χ0v) is 7.23. The lowest BCUT2D eigenvalue weighted by atomic mass is 10.3. The topological polar surface area (TPSA) is 88.3 Å². The summed E-state index contributed by atoms with van der Waals surface area (Å²) in [4.78, 5) is 14.2. The van der Waals surface area contributed by atoms with Crippen LogP contribution < -0.4 is 5.32 Å². The van der Waals surface area contributed by atoms with E-state index in [4.69, 9.17) is 5.11 Å². The van der Waals surface area contributed by atoms with Crippen molar-refractivity contribution < 1.29 is 14.4 Å². The number of nitrogens with one attached hydrogen (secondary N) is 1. The highest BCUT2D eigenvalue weighted by atomic mass is 16.5. The summed E-state index contributed by atoms with van der Waals surface area (Å²) < 4.78 is 4.51. The molecule has 0 aliphatic rings. The third kappa shape index (κ3) is 3.20. The molecule has 0 aromatic carbocycles. The fourth-order valence-electron chi connectivity index (χ4n) is 0.790. The molecule has 2 N–H and O–H groups in total. The lowest BCUT2D eigenvalue weighted by Crippen LogP contribution is -2.35. The van der Waals surface area contributed by atoms with E-state index in [-0.39, 0.29) is 0 Å². The van der Waals surface area contributed by atoms with E-state index in [9.17, 15) is 4.79 Å². The summed E-state index contributed by atoms with van der Waals surface area (Å²) in [7, 11) is 0. The van der Waals surface area contributed by atoms with Gasteiger partial charge in [0.05, 0.1) is 0 Å². The Morgan fingerprint density at radius 1 is 1.85 bits per heavy atom. The standard InChI is InChI=1S/C7H11N3O3/c1-5(7(11)12)8-3-2-6-9-4-13-10-6/h4-5,8H,2-3H2,1H3,(H,11,12). The summed E-state index contributed by atoms with van der Waals surface area (Å²) in [5.41, 5.74) is 0. The van der Waals surface area contributed by atoms with Crippen molar-refractivity contribution in [3.8, 4) is 0 Å². The zero-order chi connectivity index (χ0) is 9.68. The molecule has 1 aromatic heterocycles. The normalized spacial score (nSPS) is 12.7. The first-order chi connectivity index (χ1) is 6.20. The number of nitrogens with zero attached hydrogens (tertiary/aromatic N) is 2. The van der Waals surface area contributed by atoms with Crippen molar-refractivity contribution in [2.24, 2.45) is 0 Å². The Balaban J connectivity index is 2.18. The first kappa shape index (κ1) is 9.66. The van der Waals surface area contributed by atoms with Crippen molar-refractivity contribution in [2.45, 2.75) is 19.4 Å². The number of rotatable bonds is 5. The van der Waals surface area contributed by atoms with Crippen molar-refractivity contribution >= 4 is 5.97 Å². The SMILES string of the molecule is CC(NCCc1ncon1)C(=O)O. The van der Waals surface area contributed by atoms with Crippen LogP contribution in [0, 0.1) is 0 Å². The van der Waals surface area contributed by atoms with Gasteiger partial charge >= 0.3 is 5.97 Å². The largest absolute Gasteiger partial charge is 0.480 e. The average molecular weight is 185 g/mol. The Labute approximate surface area is 74.9 Å². The molecule has 0 amide bonds. The summed E-state index contributed by atoms with van der Waals surface area (Å²) in [6, 6.07) is -0.549. The Bertz CT molecular complexity index is 260. The maximum Gasteiger partial charge on any atom is 0.320 e. The van der Waals surface area contributed by atoms with E-state index in [2.05, 4.69) is 20.0 Å². The summed E-state index contributed by atoms with van der Waals surface area (Å²) in [6.45, 7) is 2.10. The fourth-order valence-corrected chi connectivity index (χ4v) is 0.790. The molecule has 1 atom stereocenters. The number of carbonyl (C=O) groups is 1. The molecule has 0 saturated heterocycles. The maximum atomic E-state index is 10.4. The monoisotopic (exact) mass is 185 g/mol. The molecule has 0 fully saturated rings. The van der Waals surface area contributed by atoms with Crippen LogP contribution in [0.2, 0.25) is 0 Å². The van der Waals surface area contributed by atoms with Crippen LogP contribution in [0.5, 0.6) is 0 Å². The van der Waals surface area contributed by atoms with Crippen LogP contribution in [-0.4, -0.2) is 33.8 Å². The molecule has 72 valence electrons. The summed E-state index contributed by atoms with van der Waals surface area (Å²) in [5.74, 6) is -0.293. The van der Waals surface area contributed by atoms with Crippen molar-refractivity contribution in [3.05, 3.63) is 12.2 Å². The van der Waals surface area contributed by atoms with Gasteiger partial charge in [-0.25, -0.2) is 0 Å². The third-order valence-corrected chi connectivity index (χ3v) is 1.58.